The quantitative estimate of drug-likeness (QED) is 0.831. The van der Waals surface area contributed by atoms with Crippen LogP contribution in [-0.4, -0.2) is 46.4 Å². The van der Waals surface area contributed by atoms with Crippen LogP contribution in [0, 0.1) is 0 Å². The van der Waals surface area contributed by atoms with Gasteiger partial charge in [0.2, 0.25) is 0 Å². The number of likely N-dealkylation sites (tertiary alicyclic amines) is 1. The lowest BCUT2D eigenvalue weighted by Crippen LogP contribution is -2.40. The van der Waals surface area contributed by atoms with Gasteiger partial charge in [0.05, 0.1) is 5.56 Å². The SMILES string of the molecule is CN1CCC[C@@H](Nc2nnc(-c3ccc(C(F)(F)F)cc3O)c3c2CCC3)C1. The molecule has 0 amide bonds. The lowest BCUT2D eigenvalue weighted by Gasteiger charge is -2.31. The third-order valence-corrected chi connectivity index (χ3v) is 5.59. The first-order chi connectivity index (χ1) is 13.3. The monoisotopic (exact) mass is 392 g/mol. The Hall–Kier alpha value is -2.35. The van der Waals surface area contributed by atoms with E-state index in [1.54, 1.807) is 0 Å². The van der Waals surface area contributed by atoms with Crippen LogP contribution in [0.15, 0.2) is 18.2 Å². The number of nitrogens with zero attached hydrogens (tertiary/aromatic N) is 3. The highest BCUT2D eigenvalue weighted by atomic mass is 19.4. The molecule has 0 unspecified atom stereocenters. The maximum absolute atomic E-state index is 12.9. The Morgan fingerprint density at radius 1 is 1.14 bits per heavy atom. The molecule has 28 heavy (non-hydrogen) atoms. The summed E-state index contributed by atoms with van der Waals surface area (Å²) in [5, 5.41) is 22.4. The average molecular weight is 392 g/mol. The number of rotatable bonds is 3. The van der Waals surface area contributed by atoms with Gasteiger partial charge in [-0.25, -0.2) is 0 Å². The van der Waals surface area contributed by atoms with Crippen LogP contribution >= 0.6 is 0 Å². The van der Waals surface area contributed by atoms with Crippen molar-refractivity contribution in [3.63, 3.8) is 0 Å². The number of likely N-dealkylation sites (N-methyl/N-ethyl adjacent to an activating group) is 1. The topological polar surface area (TPSA) is 61.3 Å². The highest BCUT2D eigenvalue weighted by Crippen LogP contribution is 2.40. The van der Waals surface area contributed by atoms with Crippen molar-refractivity contribution in [1.82, 2.24) is 15.1 Å². The molecule has 1 fully saturated rings. The van der Waals surface area contributed by atoms with Crippen LogP contribution in [0.2, 0.25) is 0 Å². The predicted molar refractivity (Wildman–Crippen MR) is 100 cm³/mol. The minimum absolute atomic E-state index is 0.294. The molecule has 2 heterocycles. The van der Waals surface area contributed by atoms with E-state index in [0.29, 0.717) is 17.3 Å². The minimum atomic E-state index is -4.50. The Bertz CT molecular complexity index is 884. The van der Waals surface area contributed by atoms with Gasteiger partial charge in [0.15, 0.2) is 5.82 Å². The fourth-order valence-corrected chi connectivity index (χ4v) is 4.21. The van der Waals surface area contributed by atoms with Crippen molar-refractivity contribution >= 4 is 5.82 Å². The Morgan fingerprint density at radius 3 is 2.64 bits per heavy atom. The van der Waals surface area contributed by atoms with Gasteiger partial charge in [-0.05, 0) is 69.5 Å². The van der Waals surface area contributed by atoms with Crippen molar-refractivity contribution in [2.45, 2.75) is 44.3 Å². The van der Waals surface area contributed by atoms with Crippen LogP contribution in [0.25, 0.3) is 11.3 Å². The molecule has 2 N–H and O–H groups in total. The fourth-order valence-electron chi connectivity index (χ4n) is 4.21. The first kappa shape index (κ1) is 19.0. The van der Waals surface area contributed by atoms with E-state index in [9.17, 15) is 18.3 Å². The van der Waals surface area contributed by atoms with E-state index < -0.39 is 17.5 Å². The van der Waals surface area contributed by atoms with Gasteiger partial charge < -0.3 is 15.3 Å². The van der Waals surface area contributed by atoms with E-state index in [1.165, 1.54) is 6.07 Å². The highest BCUT2D eigenvalue weighted by Gasteiger charge is 2.32. The number of benzene rings is 1. The second kappa shape index (κ2) is 7.24. The number of hydrogen-bond donors (Lipinski definition) is 2. The molecule has 0 saturated carbocycles. The zero-order valence-corrected chi connectivity index (χ0v) is 15.7. The largest absolute Gasteiger partial charge is 0.507 e. The van der Waals surface area contributed by atoms with Gasteiger partial charge in [-0.2, -0.15) is 13.2 Å². The van der Waals surface area contributed by atoms with Gasteiger partial charge in [0.1, 0.15) is 11.4 Å². The van der Waals surface area contributed by atoms with E-state index >= 15 is 0 Å². The van der Waals surface area contributed by atoms with E-state index in [4.69, 9.17) is 0 Å². The predicted octanol–water partition coefficient (Wildman–Crippen LogP) is 3.86. The molecule has 1 aromatic carbocycles. The number of phenolic OH excluding ortho intramolecular Hbond substituents is 1. The number of piperidine rings is 1. The molecule has 1 aliphatic heterocycles. The van der Waals surface area contributed by atoms with Crippen LogP contribution < -0.4 is 5.32 Å². The van der Waals surface area contributed by atoms with E-state index in [0.717, 1.165) is 74.3 Å². The number of hydrogen-bond acceptors (Lipinski definition) is 5. The Balaban J connectivity index is 1.66. The smallest absolute Gasteiger partial charge is 0.416 e. The summed E-state index contributed by atoms with van der Waals surface area (Å²) >= 11 is 0. The molecule has 1 aliphatic carbocycles. The van der Waals surface area contributed by atoms with Crippen molar-refractivity contribution in [2.24, 2.45) is 0 Å². The van der Waals surface area contributed by atoms with Crippen LogP contribution in [0.1, 0.15) is 36.0 Å². The normalized spacial score (nSPS) is 20.2. The number of alkyl halides is 3. The number of nitrogens with one attached hydrogen (secondary N) is 1. The van der Waals surface area contributed by atoms with Crippen molar-refractivity contribution in [3.05, 3.63) is 34.9 Å². The maximum Gasteiger partial charge on any atom is 0.416 e. The molecular weight excluding hydrogens is 369 g/mol. The summed E-state index contributed by atoms with van der Waals surface area (Å²) < 4.78 is 38.6. The average Bonchev–Trinajstić information content (AvgIpc) is 3.12. The van der Waals surface area contributed by atoms with Crippen molar-refractivity contribution in [2.75, 3.05) is 25.5 Å². The molecule has 1 saturated heterocycles. The summed E-state index contributed by atoms with van der Waals surface area (Å²) in [5.74, 6) is 0.343. The van der Waals surface area contributed by atoms with Gasteiger partial charge >= 0.3 is 6.18 Å². The summed E-state index contributed by atoms with van der Waals surface area (Å²) in [6, 6.07) is 3.32. The first-order valence-corrected chi connectivity index (χ1v) is 9.57. The molecule has 5 nitrogen and oxygen atoms in total. The molecule has 2 aromatic rings. The summed E-state index contributed by atoms with van der Waals surface area (Å²) in [7, 11) is 2.10. The Kier molecular flexibility index (Phi) is 4.91. The summed E-state index contributed by atoms with van der Waals surface area (Å²) in [4.78, 5) is 2.28. The van der Waals surface area contributed by atoms with Crippen molar-refractivity contribution in [1.29, 1.82) is 0 Å². The van der Waals surface area contributed by atoms with Gasteiger partial charge in [-0.1, -0.05) is 0 Å². The number of fused-ring (bicyclic) bond motifs is 1. The molecule has 150 valence electrons. The Morgan fingerprint density at radius 2 is 1.93 bits per heavy atom. The van der Waals surface area contributed by atoms with Crippen LogP contribution in [0.3, 0.4) is 0 Å². The van der Waals surface area contributed by atoms with E-state index in [-0.39, 0.29) is 0 Å². The second-order valence-electron chi connectivity index (χ2n) is 7.68. The molecule has 8 heteroatoms. The van der Waals surface area contributed by atoms with Gasteiger partial charge in [-0.3, -0.25) is 0 Å². The van der Waals surface area contributed by atoms with E-state index in [1.807, 2.05) is 0 Å². The molecular formula is C20H23F3N4O. The number of phenols is 1. The number of aromatic nitrogens is 2. The molecule has 1 aromatic heterocycles. The number of anilines is 1. The molecule has 4 rings (SSSR count). The third-order valence-electron chi connectivity index (χ3n) is 5.59. The maximum atomic E-state index is 12.9. The molecule has 1 atom stereocenters. The number of halogens is 3. The van der Waals surface area contributed by atoms with Crippen molar-refractivity contribution in [3.8, 4) is 17.0 Å². The van der Waals surface area contributed by atoms with Crippen LogP contribution in [-0.2, 0) is 19.0 Å². The molecule has 2 aliphatic rings. The second-order valence-corrected chi connectivity index (χ2v) is 7.68. The van der Waals surface area contributed by atoms with Crippen LogP contribution in [0.4, 0.5) is 19.0 Å². The Labute approximate surface area is 161 Å². The highest BCUT2D eigenvalue weighted by molar-refractivity contribution is 5.73. The lowest BCUT2D eigenvalue weighted by molar-refractivity contribution is -0.137. The molecule has 0 spiro atoms. The third kappa shape index (κ3) is 3.65. The fraction of sp³-hybridized carbons (Fsp3) is 0.500. The summed E-state index contributed by atoms with van der Waals surface area (Å²) in [6.45, 7) is 2.03. The number of aromatic hydroxyl groups is 1. The first-order valence-electron chi connectivity index (χ1n) is 9.57. The zero-order valence-electron chi connectivity index (χ0n) is 15.7. The molecule has 0 radical (unpaired) electrons. The van der Waals surface area contributed by atoms with E-state index in [2.05, 4.69) is 27.5 Å². The van der Waals surface area contributed by atoms with Crippen molar-refractivity contribution < 1.29 is 18.3 Å². The van der Waals surface area contributed by atoms with Gasteiger partial charge in [0, 0.05) is 23.7 Å². The standard InChI is InChI=1S/C20H23F3N4O/c1-27-9-3-4-13(11-27)24-19-15-6-2-5-14(15)18(25-26-19)16-8-7-12(10-17(16)28)20(21,22)23/h7-8,10,13,28H,2-6,9,11H2,1H3,(H,24,26)/t13-/m1/s1. The van der Waals surface area contributed by atoms with Gasteiger partial charge in [-0.15, -0.1) is 10.2 Å². The zero-order chi connectivity index (χ0) is 19.9. The molecule has 0 bridgehead atoms. The lowest BCUT2D eigenvalue weighted by atomic mass is 10.0. The summed E-state index contributed by atoms with van der Waals surface area (Å²) in [5.41, 5.74) is 1.93. The van der Waals surface area contributed by atoms with Crippen LogP contribution in [0.5, 0.6) is 5.75 Å². The minimum Gasteiger partial charge on any atom is -0.507 e. The summed E-state index contributed by atoms with van der Waals surface area (Å²) in [6.07, 6.45) is 0.272. The van der Waals surface area contributed by atoms with Gasteiger partial charge in [0.25, 0.3) is 0 Å².